The molecule has 7 heteroatoms. The van der Waals surface area contributed by atoms with Gasteiger partial charge in [0.1, 0.15) is 11.4 Å². The van der Waals surface area contributed by atoms with Gasteiger partial charge in [0, 0.05) is 38.4 Å². The summed E-state index contributed by atoms with van der Waals surface area (Å²) in [7, 11) is 0. The standard InChI is InChI=1S/C18H27N3O4/c1-4-6-13(3)21-11-18(25-17(21)23)7-9-20(10-8-18)16(22)15-14(5-2)24-12-19-15/h12-13H,4-11H2,1-3H3. The van der Waals surface area contributed by atoms with Crippen LogP contribution in [0.2, 0.25) is 0 Å². The molecule has 0 aromatic carbocycles. The first-order valence-corrected chi connectivity index (χ1v) is 9.21. The molecule has 1 spiro atoms. The van der Waals surface area contributed by atoms with Gasteiger partial charge >= 0.3 is 6.09 Å². The Hall–Kier alpha value is -2.05. The number of ether oxygens (including phenoxy) is 1. The van der Waals surface area contributed by atoms with Crippen molar-refractivity contribution < 1.29 is 18.7 Å². The number of hydrogen-bond acceptors (Lipinski definition) is 5. The zero-order chi connectivity index (χ0) is 18.0. The molecule has 138 valence electrons. The van der Waals surface area contributed by atoms with E-state index in [9.17, 15) is 9.59 Å². The zero-order valence-electron chi connectivity index (χ0n) is 15.3. The van der Waals surface area contributed by atoms with E-state index in [0.717, 1.165) is 12.8 Å². The molecule has 1 aromatic rings. The van der Waals surface area contributed by atoms with E-state index in [4.69, 9.17) is 9.15 Å². The lowest BCUT2D eigenvalue weighted by molar-refractivity contribution is 0.00286. The van der Waals surface area contributed by atoms with Crippen LogP contribution in [0.15, 0.2) is 10.8 Å². The van der Waals surface area contributed by atoms with E-state index in [-0.39, 0.29) is 18.0 Å². The average molecular weight is 349 g/mol. The van der Waals surface area contributed by atoms with Crippen LogP contribution in [0.4, 0.5) is 4.79 Å². The summed E-state index contributed by atoms with van der Waals surface area (Å²) in [5, 5.41) is 0. The van der Waals surface area contributed by atoms with Crippen LogP contribution < -0.4 is 0 Å². The predicted molar refractivity (Wildman–Crippen MR) is 91.3 cm³/mol. The number of aromatic nitrogens is 1. The molecule has 0 radical (unpaired) electrons. The van der Waals surface area contributed by atoms with E-state index in [0.29, 0.717) is 50.4 Å². The molecular weight excluding hydrogens is 322 g/mol. The van der Waals surface area contributed by atoms with E-state index in [1.807, 2.05) is 11.8 Å². The Labute approximate surface area is 148 Å². The summed E-state index contributed by atoms with van der Waals surface area (Å²) < 4.78 is 11.0. The van der Waals surface area contributed by atoms with Crippen molar-refractivity contribution in [3.05, 3.63) is 17.8 Å². The number of nitrogens with zero attached hydrogens (tertiary/aromatic N) is 3. The fourth-order valence-corrected chi connectivity index (χ4v) is 3.78. The maximum Gasteiger partial charge on any atom is 0.410 e. The van der Waals surface area contributed by atoms with E-state index in [1.165, 1.54) is 6.39 Å². The first-order chi connectivity index (χ1) is 12.0. The molecule has 0 N–H and O–H groups in total. The van der Waals surface area contributed by atoms with Gasteiger partial charge in [-0.15, -0.1) is 0 Å². The Morgan fingerprint density at radius 1 is 1.36 bits per heavy atom. The van der Waals surface area contributed by atoms with Crippen molar-refractivity contribution in [2.45, 2.75) is 64.5 Å². The smallest absolute Gasteiger partial charge is 0.410 e. The molecule has 1 unspecified atom stereocenters. The summed E-state index contributed by atoms with van der Waals surface area (Å²) in [5.41, 5.74) is -0.0483. The number of rotatable bonds is 5. The molecule has 25 heavy (non-hydrogen) atoms. The van der Waals surface area contributed by atoms with Crippen LogP contribution in [-0.4, -0.2) is 58.1 Å². The lowest BCUT2D eigenvalue weighted by Crippen LogP contribution is -2.49. The number of aryl methyl sites for hydroxylation is 1. The molecular formula is C18H27N3O4. The van der Waals surface area contributed by atoms with Gasteiger partial charge in [0.2, 0.25) is 0 Å². The molecule has 0 saturated carbocycles. The average Bonchev–Trinajstić information content (AvgIpc) is 3.20. The van der Waals surface area contributed by atoms with Gasteiger partial charge in [-0.2, -0.15) is 0 Å². The van der Waals surface area contributed by atoms with Gasteiger partial charge in [0.15, 0.2) is 12.1 Å². The summed E-state index contributed by atoms with van der Waals surface area (Å²) in [6.07, 6.45) is 5.09. The molecule has 2 aliphatic rings. The van der Waals surface area contributed by atoms with Crippen molar-refractivity contribution in [3.63, 3.8) is 0 Å². The molecule has 3 rings (SSSR count). The third kappa shape index (κ3) is 3.37. The normalized spacial score (nSPS) is 20.8. The summed E-state index contributed by atoms with van der Waals surface area (Å²) in [5.74, 6) is 0.526. The lowest BCUT2D eigenvalue weighted by atomic mass is 9.90. The summed E-state index contributed by atoms with van der Waals surface area (Å²) >= 11 is 0. The highest BCUT2D eigenvalue weighted by atomic mass is 16.6. The maximum atomic E-state index is 12.7. The number of carbonyl (C=O) groups is 2. The van der Waals surface area contributed by atoms with Gasteiger partial charge in [0.05, 0.1) is 6.54 Å². The number of oxazole rings is 1. The van der Waals surface area contributed by atoms with Crippen molar-refractivity contribution >= 4 is 12.0 Å². The van der Waals surface area contributed by atoms with Crippen LogP contribution in [0, 0.1) is 0 Å². The SMILES string of the molecule is CCCC(C)N1CC2(CCN(C(=O)c3ncoc3CC)CC2)OC1=O. The lowest BCUT2D eigenvalue weighted by Gasteiger charge is -2.37. The molecule has 1 atom stereocenters. The van der Waals surface area contributed by atoms with Crippen molar-refractivity contribution in [1.29, 1.82) is 0 Å². The summed E-state index contributed by atoms with van der Waals surface area (Å²) in [6, 6.07) is 0.193. The number of carbonyl (C=O) groups excluding carboxylic acids is 2. The van der Waals surface area contributed by atoms with Crippen molar-refractivity contribution in [2.75, 3.05) is 19.6 Å². The van der Waals surface area contributed by atoms with Crippen LogP contribution in [0.1, 0.15) is 62.7 Å². The van der Waals surface area contributed by atoms with Gasteiger partial charge in [-0.25, -0.2) is 9.78 Å². The predicted octanol–water partition coefficient (Wildman–Crippen LogP) is 2.85. The Morgan fingerprint density at radius 2 is 2.08 bits per heavy atom. The number of amides is 2. The van der Waals surface area contributed by atoms with Gasteiger partial charge in [-0.3, -0.25) is 4.79 Å². The highest BCUT2D eigenvalue weighted by molar-refractivity contribution is 5.93. The Morgan fingerprint density at radius 3 is 2.72 bits per heavy atom. The molecule has 7 nitrogen and oxygen atoms in total. The van der Waals surface area contributed by atoms with Crippen molar-refractivity contribution in [2.24, 2.45) is 0 Å². The Balaban J connectivity index is 1.62. The second-order valence-electron chi connectivity index (χ2n) is 7.09. The number of likely N-dealkylation sites (tertiary alicyclic amines) is 1. The second kappa shape index (κ2) is 7.06. The monoisotopic (exact) mass is 349 g/mol. The number of hydrogen-bond donors (Lipinski definition) is 0. The fourth-order valence-electron chi connectivity index (χ4n) is 3.78. The molecule has 3 heterocycles. The van der Waals surface area contributed by atoms with Crippen LogP contribution in [0.5, 0.6) is 0 Å². The summed E-state index contributed by atoms with van der Waals surface area (Å²) in [6.45, 7) is 7.88. The molecule has 1 aromatic heterocycles. The molecule has 0 bridgehead atoms. The van der Waals surface area contributed by atoms with E-state index < -0.39 is 5.60 Å². The van der Waals surface area contributed by atoms with Gasteiger partial charge in [-0.05, 0) is 13.3 Å². The third-order valence-corrected chi connectivity index (χ3v) is 5.36. The van der Waals surface area contributed by atoms with E-state index >= 15 is 0 Å². The van der Waals surface area contributed by atoms with Gasteiger partial charge in [-0.1, -0.05) is 20.3 Å². The van der Waals surface area contributed by atoms with Gasteiger partial charge in [0.25, 0.3) is 5.91 Å². The molecule has 0 aliphatic carbocycles. The molecule has 2 amide bonds. The zero-order valence-corrected chi connectivity index (χ0v) is 15.3. The van der Waals surface area contributed by atoms with Crippen LogP contribution in [-0.2, 0) is 11.2 Å². The van der Waals surface area contributed by atoms with E-state index in [1.54, 1.807) is 4.90 Å². The number of piperidine rings is 1. The molecule has 2 saturated heterocycles. The van der Waals surface area contributed by atoms with Crippen molar-refractivity contribution in [1.82, 2.24) is 14.8 Å². The first-order valence-electron chi connectivity index (χ1n) is 9.21. The maximum absolute atomic E-state index is 12.7. The highest BCUT2D eigenvalue weighted by Gasteiger charge is 2.48. The minimum atomic E-state index is -0.451. The minimum absolute atomic E-state index is 0.0963. The summed E-state index contributed by atoms with van der Waals surface area (Å²) in [4.78, 5) is 32.6. The van der Waals surface area contributed by atoms with Crippen LogP contribution in [0.25, 0.3) is 0 Å². The van der Waals surface area contributed by atoms with Gasteiger partial charge < -0.3 is 19.0 Å². The van der Waals surface area contributed by atoms with E-state index in [2.05, 4.69) is 18.8 Å². The quantitative estimate of drug-likeness (QED) is 0.817. The van der Waals surface area contributed by atoms with Crippen molar-refractivity contribution in [3.8, 4) is 0 Å². The first kappa shape index (κ1) is 17.8. The molecule has 2 aliphatic heterocycles. The fraction of sp³-hybridized carbons (Fsp3) is 0.722. The molecule has 2 fully saturated rings. The largest absolute Gasteiger partial charge is 0.448 e. The second-order valence-corrected chi connectivity index (χ2v) is 7.09. The van der Waals surface area contributed by atoms with Crippen LogP contribution >= 0.6 is 0 Å². The van der Waals surface area contributed by atoms with Crippen LogP contribution in [0.3, 0.4) is 0 Å². The Kier molecular flexibility index (Phi) is 5.01. The topological polar surface area (TPSA) is 75.9 Å². The Bertz CT molecular complexity index is 634. The third-order valence-electron chi connectivity index (χ3n) is 5.36. The highest BCUT2D eigenvalue weighted by Crippen LogP contribution is 2.35. The minimum Gasteiger partial charge on any atom is -0.448 e.